The molecule has 128 valence electrons. The molecule has 2 aromatic heterocycles. The number of hydrogen-bond acceptors (Lipinski definition) is 5. The molecule has 25 heavy (non-hydrogen) atoms. The molecule has 0 spiro atoms. The van der Waals surface area contributed by atoms with Crippen LogP contribution in [0.5, 0.6) is 0 Å². The molecule has 0 atom stereocenters. The number of nitrogens with one attached hydrogen (secondary N) is 1. The van der Waals surface area contributed by atoms with Gasteiger partial charge in [-0.3, -0.25) is 9.36 Å². The molecule has 0 unspecified atom stereocenters. The monoisotopic (exact) mass is 336 g/mol. The fraction of sp³-hybridized carbons (Fsp3) is 0.222. The second kappa shape index (κ2) is 7.12. The quantitative estimate of drug-likeness (QED) is 0.701. The molecule has 0 radical (unpaired) electrons. The molecular formula is C18H20N6O. The van der Waals surface area contributed by atoms with Gasteiger partial charge in [0, 0.05) is 24.8 Å². The minimum atomic E-state index is -0.253. The normalized spacial score (nSPS) is 10.6. The summed E-state index contributed by atoms with van der Waals surface area (Å²) in [6, 6.07) is 7.46. The van der Waals surface area contributed by atoms with E-state index in [-0.39, 0.29) is 5.91 Å². The largest absolute Gasteiger partial charge is 0.357 e. The Balaban J connectivity index is 2.03. The minimum Gasteiger partial charge on any atom is -0.357 e. The highest BCUT2D eigenvalue weighted by Crippen LogP contribution is 2.22. The molecule has 0 bridgehead atoms. The molecule has 3 aromatic rings. The molecule has 0 saturated heterocycles. The van der Waals surface area contributed by atoms with Crippen LogP contribution in [-0.2, 0) is 4.79 Å². The topological polar surface area (TPSA) is 75.9 Å². The molecule has 0 aliphatic carbocycles. The van der Waals surface area contributed by atoms with Crippen LogP contribution in [0.25, 0.3) is 16.9 Å². The first kappa shape index (κ1) is 16.6. The summed E-state index contributed by atoms with van der Waals surface area (Å²) in [6.45, 7) is 9.39. The molecule has 0 saturated carbocycles. The SMILES string of the molecule is C=CC(=O)Nc1ccc2ncn(-c3cc(N(CC)CC)ncn3)c2c1. The first-order valence-electron chi connectivity index (χ1n) is 8.14. The van der Waals surface area contributed by atoms with Crippen molar-refractivity contribution in [3.63, 3.8) is 0 Å². The number of hydrogen-bond donors (Lipinski definition) is 1. The molecule has 7 heteroatoms. The predicted molar refractivity (Wildman–Crippen MR) is 99.0 cm³/mol. The summed E-state index contributed by atoms with van der Waals surface area (Å²) in [5.74, 6) is 1.34. The molecule has 1 N–H and O–H groups in total. The van der Waals surface area contributed by atoms with Crippen LogP contribution in [0.2, 0.25) is 0 Å². The van der Waals surface area contributed by atoms with Crippen LogP contribution < -0.4 is 10.2 Å². The highest BCUT2D eigenvalue weighted by atomic mass is 16.1. The zero-order valence-corrected chi connectivity index (χ0v) is 14.3. The Hall–Kier alpha value is -3.22. The van der Waals surface area contributed by atoms with E-state index in [2.05, 4.69) is 45.6 Å². The van der Waals surface area contributed by atoms with Gasteiger partial charge in [0.2, 0.25) is 5.91 Å². The second-order valence-electron chi connectivity index (χ2n) is 5.42. The van der Waals surface area contributed by atoms with Gasteiger partial charge in [-0.2, -0.15) is 0 Å². The van der Waals surface area contributed by atoms with Gasteiger partial charge in [-0.1, -0.05) is 6.58 Å². The molecule has 7 nitrogen and oxygen atoms in total. The van der Waals surface area contributed by atoms with Gasteiger partial charge in [-0.25, -0.2) is 15.0 Å². The van der Waals surface area contributed by atoms with Gasteiger partial charge >= 0.3 is 0 Å². The van der Waals surface area contributed by atoms with Crippen molar-refractivity contribution >= 4 is 28.4 Å². The maximum atomic E-state index is 11.5. The Morgan fingerprint density at radius 1 is 1.24 bits per heavy atom. The lowest BCUT2D eigenvalue weighted by atomic mass is 10.2. The summed E-state index contributed by atoms with van der Waals surface area (Å²) in [5, 5.41) is 2.76. The maximum absolute atomic E-state index is 11.5. The molecule has 0 fully saturated rings. The zero-order valence-electron chi connectivity index (χ0n) is 14.3. The number of benzene rings is 1. The van der Waals surface area contributed by atoms with E-state index in [1.54, 1.807) is 12.7 Å². The third kappa shape index (κ3) is 3.35. The van der Waals surface area contributed by atoms with Crippen LogP contribution in [0, 0.1) is 0 Å². The van der Waals surface area contributed by atoms with E-state index >= 15 is 0 Å². The fourth-order valence-corrected chi connectivity index (χ4v) is 2.65. The van der Waals surface area contributed by atoms with Crippen molar-refractivity contribution in [1.29, 1.82) is 0 Å². The minimum absolute atomic E-state index is 0.253. The number of nitrogens with zero attached hydrogens (tertiary/aromatic N) is 5. The number of carbonyl (C=O) groups excluding carboxylic acids is 1. The van der Waals surface area contributed by atoms with E-state index in [1.165, 1.54) is 6.08 Å². The van der Waals surface area contributed by atoms with E-state index in [0.29, 0.717) is 5.69 Å². The van der Waals surface area contributed by atoms with Gasteiger partial charge in [0.05, 0.1) is 11.0 Å². The number of imidazole rings is 1. The molecular weight excluding hydrogens is 316 g/mol. The summed E-state index contributed by atoms with van der Waals surface area (Å²) >= 11 is 0. The standard InChI is InChI=1S/C18H20N6O/c1-4-18(25)22-13-7-8-14-15(9-13)24(12-21-14)17-10-16(19-11-20-17)23(5-2)6-3/h4,7-12H,1,5-6H2,2-3H3,(H,22,25). The van der Waals surface area contributed by atoms with E-state index in [9.17, 15) is 4.79 Å². The van der Waals surface area contributed by atoms with Crippen LogP contribution in [0.3, 0.4) is 0 Å². The molecule has 0 aliphatic rings. The summed E-state index contributed by atoms with van der Waals surface area (Å²) < 4.78 is 1.88. The number of aromatic nitrogens is 4. The molecule has 0 aliphatic heterocycles. The predicted octanol–water partition coefficient (Wildman–Crippen LogP) is 2.79. The molecule has 3 rings (SSSR count). The van der Waals surface area contributed by atoms with Gasteiger partial charge in [0.25, 0.3) is 0 Å². The third-order valence-electron chi connectivity index (χ3n) is 3.97. The zero-order chi connectivity index (χ0) is 17.8. The lowest BCUT2D eigenvalue weighted by molar-refractivity contribution is -0.111. The lowest BCUT2D eigenvalue weighted by Crippen LogP contribution is -2.23. The van der Waals surface area contributed by atoms with E-state index in [1.807, 2.05) is 28.8 Å². The van der Waals surface area contributed by atoms with Crippen molar-refractivity contribution in [3.05, 3.63) is 49.6 Å². The summed E-state index contributed by atoms with van der Waals surface area (Å²) in [4.78, 5) is 26.8. The van der Waals surface area contributed by atoms with Gasteiger partial charge < -0.3 is 10.2 Å². The Morgan fingerprint density at radius 2 is 2.04 bits per heavy atom. The summed E-state index contributed by atoms with van der Waals surface area (Å²) in [6.07, 6.45) is 4.51. The van der Waals surface area contributed by atoms with Crippen LogP contribution in [-0.4, -0.2) is 38.5 Å². The van der Waals surface area contributed by atoms with Gasteiger partial charge in [-0.15, -0.1) is 0 Å². The number of rotatable bonds is 6. The van der Waals surface area contributed by atoms with Gasteiger partial charge in [-0.05, 0) is 38.1 Å². The van der Waals surface area contributed by atoms with Gasteiger partial charge in [0.1, 0.15) is 24.3 Å². The van der Waals surface area contributed by atoms with Crippen LogP contribution in [0.15, 0.2) is 49.6 Å². The second-order valence-corrected chi connectivity index (χ2v) is 5.42. The lowest BCUT2D eigenvalue weighted by Gasteiger charge is -2.19. The fourth-order valence-electron chi connectivity index (χ4n) is 2.65. The van der Waals surface area contributed by atoms with Crippen LogP contribution in [0.1, 0.15) is 13.8 Å². The van der Waals surface area contributed by atoms with Crippen LogP contribution in [0.4, 0.5) is 11.5 Å². The van der Waals surface area contributed by atoms with Crippen molar-refractivity contribution in [1.82, 2.24) is 19.5 Å². The number of anilines is 2. The Morgan fingerprint density at radius 3 is 2.76 bits per heavy atom. The highest BCUT2D eigenvalue weighted by Gasteiger charge is 2.10. The summed E-state index contributed by atoms with van der Waals surface area (Å²) in [5.41, 5.74) is 2.35. The smallest absolute Gasteiger partial charge is 0.247 e. The summed E-state index contributed by atoms with van der Waals surface area (Å²) in [7, 11) is 0. The number of carbonyl (C=O) groups is 1. The number of amides is 1. The van der Waals surface area contributed by atoms with Crippen molar-refractivity contribution in [3.8, 4) is 5.82 Å². The average Bonchev–Trinajstić information content (AvgIpc) is 3.06. The van der Waals surface area contributed by atoms with E-state index in [4.69, 9.17) is 0 Å². The van der Waals surface area contributed by atoms with Crippen LogP contribution >= 0.6 is 0 Å². The molecule has 1 aromatic carbocycles. The van der Waals surface area contributed by atoms with Crippen molar-refractivity contribution in [2.24, 2.45) is 0 Å². The van der Waals surface area contributed by atoms with Crippen molar-refractivity contribution in [2.45, 2.75) is 13.8 Å². The first-order valence-corrected chi connectivity index (χ1v) is 8.14. The maximum Gasteiger partial charge on any atom is 0.247 e. The third-order valence-corrected chi connectivity index (χ3v) is 3.97. The Labute approximate surface area is 146 Å². The van der Waals surface area contributed by atoms with E-state index in [0.717, 1.165) is 35.8 Å². The van der Waals surface area contributed by atoms with Crippen molar-refractivity contribution < 1.29 is 4.79 Å². The van der Waals surface area contributed by atoms with Crippen molar-refractivity contribution in [2.75, 3.05) is 23.3 Å². The van der Waals surface area contributed by atoms with E-state index < -0.39 is 0 Å². The average molecular weight is 336 g/mol. The Kier molecular flexibility index (Phi) is 4.74. The first-order chi connectivity index (χ1) is 12.2. The van der Waals surface area contributed by atoms with Gasteiger partial charge in [0.15, 0.2) is 0 Å². The molecule has 2 heterocycles. The number of fused-ring (bicyclic) bond motifs is 1. The Bertz CT molecular complexity index is 913. The highest BCUT2D eigenvalue weighted by molar-refractivity contribution is 6.00. The molecule has 1 amide bonds.